The zero-order valence-electron chi connectivity index (χ0n) is 5.30. The van der Waals surface area contributed by atoms with Crippen molar-refractivity contribution >= 4 is 0 Å². The third-order valence-corrected chi connectivity index (χ3v) is 0.969. The molecule has 0 amide bonds. The summed E-state index contributed by atoms with van der Waals surface area (Å²) >= 11 is 0. The number of aromatic amines is 1. The largest absolute Gasteiger partial charge is 2.00 e. The van der Waals surface area contributed by atoms with E-state index < -0.39 is 0 Å². The topological polar surface area (TPSA) is 54.7 Å². The van der Waals surface area contributed by atoms with Gasteiger partial charge in [0.1, 0.15) is 0 Å². The average molecular weight is 177 g/mol. The second-order valence-corrected chi connectivity index (χ2v) is 1.62. The molecular weight excluding hydrogens is 167 g/mol. The number of hydrogen-bond acceptors (Lipinski definition) is 2. The zero-order valence-corrected chi connectivity index (χ0v) is 8.27. The molecule has 0 aliphatic heterocycles. The molecule has 1 rings (SSSR count). The Hall–Kier alpha value is -0.207. The van der Waals surface area contributed by atoms with Crippen LogP contribution in [0, 0.1) is 0 Å². The van der Waals surface area contributed by atoms with Gasteiger partial charge >= 0.3 is 19.5 Å². The molecule has 1 aromatic heterocycles. The first-order valence-electron chi connectivity index (χ1n) is 2.61. The van der Waals surface area contributed by atoms with Gasteiger partial charge < -0.3 is 10.7 Å². The van der Waals surface area contributed by atoms with Crippen LogP contribution in [-0.4, -0.2) is 16.5 Å². The van der Waals surface area contributed by atoms with Crippen LogP contribution >= 0.6 is 0 Å². The molecule has 3 N–H and O–H groups in total. The van der Waals surface area contributed by atoms with Crippen LogP contribution < -0.4 is 5.73 Å². The van der Waals surface area contributed by atoms with Gasteiger partial charge in [-0.25, -0.2) is 4.98 Å². The summed E-state index contributed by atoms with van der Waals surface area (Å²) in [5.41, 5.74) is 6.38. The van der Waals surface area contributed by atoms with Crippen molar-refractivity contribution < 1.29 is 19.5 Å². The van der Waals surface area contributed by atoms with Gasteiger partial charge in [-0.3, -0.25) is 0 Å². The molecule has 1 aromatic rings. The predicted molar refractivity (Wildman–Crippen MR) is 31.3 cm³/mol. The summed E-state index contributed by atoms with van der Waals surface area (Å²) in [6.45, 7) is 0.683. The summed E-state index contributed by atoms with van der Waals surface area (Å²) in [6.07, 6.45) is 4.33. The molecule has 44 valence electrons. The molecule has 0 fully saturated rings. The van der Waals surface area contributed by atoms with Crippen LogP contribution in [-0.2, 0) is 25.9 Å². The molecule has 1 heterocycles. The molecule has 4 heteroatoms. The second-order valence-electron chi connectivity index (χ2n) is 1.62. The average Bonchev–Trinajstić information content (AvgIpc) is 2.19. The summed E-state index contributed by atoms with van der Waals surface area (Å²) in [7, 11) is 0. The Morgan fingerprint density at radius 3 is 2.89 bits per heavy atom. The van der Waals surface area contributed by atoms with Crippen molar-refractivity contribution in [3.05, 3.63) is 18.2 Å². The SMILES string of the molecule is NCCc1cnc[nH]1.[Zn+2]. The monoisotopic (exact) mass is 175 g/mol. The minimum Gasteiger partial charge on any atom is -0.348 e. The van der Waals surface area contributed by atoms with E-state index in [1.807, 2.05) is 0 Å². The smallest absolute Gasteiger partial charge is 0.348 e. The van der Waals surface area contributed by atoms with Crippen LogP contribution in [0.2, 0.25) is 0 Å². The summed E-state index contributed by atoms with van der Waals surface area (Å²) < 4.78 is 0. The quantitative estimate of drug-likeness (QED) is 0.619. The van der Waals surface area contributed by atoms with Crippen molar-refractivity contribution in [2.24, 2.45) is 5.73 Å². The number of H-pyrrole nitrogens is 1. The molecule has 0 bridgehead atoms. The minimum absolute atomic E-state index is 0. The molecule has 3 nitrogen and oxygen atoms in total. The van der Waals surface area contributed by atoms with E-state index in [1.54, 1.807) is 12.5 Å². The van der Waals surface area contributed by atoms with Crippen LogP contribution in [0.25, 0.3) is 0 Å². The third-order valence-electron chi connectivity index (χ3n) is 0.969. The van der Waals surface area contributed by atoms with E-state index in [1.165, 1.54) is 0 Å². The fraction of sp³-hybridized carbons (Fsp3) is 0.400. The molecule has 0 radical (unpaired) electrons. The number of rotatable bonds is 2. The van der Waals surface area contributed by atoms with E-state index >= 15 is 0 Å². The minimum atomic E-state index is 0. The van der Waals surface area contributed by atoms with Crippen molar-refractivity contribution in [1.29, 1.82) is 0 Å². The van der Waals surface area contributed by atoms with Gasteiger partial charge in [0, 0.05) is 18.3 Å². The van der Waals surface area contributed by atoms with E-state index in [2.05, 4.69) is 9.97 Å². The first-order valence-corrected chi connectivity index (χ1v) is 2.61. The maximum absolute atomic E-state index is 5.27. The Labute approximate surface area is 66.8 Å². The molecule has 0 aliphatic rings. The molecule has 0 atom stereocenters. The normalized spacial score (nSPS) is 8.56. The van der Waals surface area contributed by atoms with Crippen LogP contribution in [0.3, 0.4) is 0 Å². The van der Waals surface area contributed by atoms with E-state index in [-0.39, 0.29) is 19.5 Å². The number of aromatic nitrogens is 2. The van der Waals surface area contributed by atoms with Gasteiger partial charge in [-0.1, -0.05) is 0 Å². The van der Waals surface area contributed by atoms with Crippen LogP contribution in [0.1, 0.15) is 5.69 Å². The van der Waals surface area contributed by atoms with Crippen molar-refractivity contribution in [2.75, 3.05) is 6.54 Å². The van der Waals surface area contributed by atoms with E-state index in [0.717, 1.165) is 12.1 Å². The predicted octanol–water partition coefficient (Wildman–Crippen LogP) is -0.0916. The molecule has 0 spiro atoms. The number of nitrogens with zero attached hydrogens (tertiary/aromatic N) is 1. The fourth-order valence-corrected chi connectivity index (χ4v) is 0.577. The summed E-state index contributed by atoms with van der Waals surface area (Å²) in [5, 5.41) is 0. The van der Waals surface area contributed by atoms with Crippen molar-refractivity contribution in [3.8, 4) is 0 Å². The van der Waals surface area contributed by atoms with E-state index in [4.69, 9.17) is 5.73 Å². The fourth-order valence-electron chi connectivity index (χ4n) is 0.577. The molecule has 0 aliphatic carbocycles. The van der Waals surface area contributed by atoms with Gasteiger partial charge in [0.05, 0.1) is 6.33 Å². The number of nitrogens with two attached hydrogens (primary N) is 1. The maximum Gasteiger partial charge on any atom is 2.00 e. The van der Waals surface area contributed by atoms with Crippen LogP contribution in [0.5, 0.6) is 0 Å². The Bertz CT molecular complexity index is 138. The van der Waals surface area contributed by atoms with Crippen molar-refractivity contribution in [1.82, 2.24) is 9.97 Å². The van der Waals surface area contributed by atoms with Crippen LogP contribution in [0.4, 0.5) is 0 Å². The molecule has 9 heavy (non-hydrogen) atoms. The Morgan fingerprint density at radius 1 is 1.67 bits per heavy atom. The van der Waals surface area contributed by atoms with Crippen molar-refractivity contribution in [3.63, 3.8) is 0 Å². The number of nitrogens with one attached hydrogen (secondary N) is 1. The molecule has 0 saturated heterocycles. The summed E-state index contributed by atoms with van der Waals surface area (Å²) in [5.74, 6) is 0. The molecular formula is C5H9N3Zn+2. The Morgan fingerprint density at radius 2 is 2.44 bits per heavy atom. The number of imidazole rings is 1. The van der Waals surface area contributed by atoms with Gasteiger partial charge in [0.2, 0.25) is 0 Å². The standard InChI is InChI=1S/C5H9N3.Zn/c6-2-1-5-3-7-4-8-5;/h3-4H,1-2,6H2,(H,7,8);/q;+2. The summed E-state index contributed by atoms with van der Waals surface area (Å²) in [6, 6.07) is 0. The maximum atomic E-state index is 5.27. The Balaban J connectivity index is 0.000000640. The zero-order chi connectivity index (χ0) is 5.82. The van der Waals surface area contributed by atoms with Gasteiger partial charge in [0.15, 0.2) is 0 Å². The molecule has 0 aromatic carbocycles. The van der Waals surface area contributed by atoms with Gasteiger partial charge in [0.25, 0.3) is 0 Å². The van der Waals surface area contributed by atoms with E-state index in [9.17, 15) is 0 Å². The first-order chi connectivity index (χ1) is 3.93. The first kappa shape index (κ1) is 8.79. The Kier molecular flexibility index (Phi) is 4.54. The van der Waals surface area contributed by atoms with Gasteiger partial charge in [-0.15, -0.1) is 0 Å². The molecule has 0 saturated carbocycles. The third kappa shape index (κ3) is 2.73. The second kappa shape index (κ2) is 4.65. The van der Waals surface area contributed by atoms with E-state index in [0.29, 0.717) is 6.54 Å². The molecule has 0 unspecified atom stereocenters. The van der Waals surface area contributed by atoms with Gasteiger partial charge in [-0.05, 0) is 6.54 Å². The van der Waals surface area contributed by atoms with Crippen LogP contribution in [0.15, 0.2) is 12.5 Å². The van der Waals surface area contributed by atoms with Crippen molar-refractivity contribution in [2.45, 2.75) is 6.42 Å². The summed E-state index contributed by atoms with van der Waals surface area (Å²) in [4.78, 5) is 6.78. The van der Waals surface area contributed by atoms with Gasteiger partial charge in [-0.2, -0.15) is 0 Å². The number of hydrogen-bond donors (Lipinski definition) is 2.